The van der Waals surface area contributed by atoms with Crippen LogP contribution in [0, 0.1) is 13.8 Å². The van der Waals surface area contributed by atoms with Gasteiger partial charge in [-0.1, -0.05) is 24.3 Å². The summed E-state index contributed by atoms with van der Waals surface area (Å²) in [5.41, 5.74) is 8.49. The number of fused-ring (bicyclic) bond motifs is 2. The lowest BCUT2D eigenvalue weighted by atomic mass is 9.90. The molecule has 7 heteroatoms. The molecule has 40 heavy (non-hydrogen) atoms. The van der Waals surface area contributed by atoms with Gasteiger partial charge in [-0.3, -0.25) is 9.69 Å². The molecule has 0 amide bonds. The van der Waals surface area contributed by atoms with Gasteiger partial charge >= 0.3 is 5.97 Å². The molecule has 0 spiro atoms. The number of hydrogen-bond acceptors (Lipinski definition) is 6. The lowest BCUT2D eigenvalue weighted by molar-refractivity contribution is -0.137. The van der Waals surface area contributed by atoms with Gasteiger partial charge in [-0.25, -0.2) is 0 Å². The zero-order valence-electron chi connectivity index (χ0n) is 23.3. The molecule has 2 atom stereocenters. The summed E-state index contributed by atoms with van der Waals surface area (Å²) < 4.78 is 23.9. The Morgan fingerprint density at radius 1 is 1.02 bits per heavy atom. The molecule has 210 valence electrons. The van der Waals surface area contributed by atoms with E-state index in [4.69, 9.17) is 18.9 Å². The first-order valence-corrected chi connectivity index (χ1v) is 14.3. The second kappa shape index (κ2) is 11.5. The Kier molecular flexibility index (Phi) is 7.67. The number of nitrogens with zero attached hydrogens (tertiary/aromatic N) is 1. The predicted octanol–water partition coefficient (Wildman–Crippen LogP) is 5.70. The third-order valence-corrected chi connectivity index (χ3v) is 8.34. The number of aryl methyl sites for hydroxylation is 2. The molecule has 7 nitrogen and oxygen atoms in total. The Bertz CT molecular complexity index is 1370. The van der Waals surface area contributed by atoms with Crippen molar-refractivity contribution in [3.05, 3.63) is 76.3 Å². The molecule has 1 fully saturated rings. The van der Waals surface area contributed by atoms with Crippen LogP contribution < -0.4 is 14.2 Å². The minimum atomic E-state index is -0.809. The van der Waals surface area contributed by atoms with Gasteiger partial charge in [0.15, 0.2) is 0 Å². The number of morpholine rings is 1. The molecule has 1 unspecified atom stereocenters. The third-order valence-electron chi connectivity index (χ3n) is 8.34. The van der Waals surface area contributed by atoms with E-state index in [-0.39, 0.29) is 18.4 Å². The molecule has 0 radical (unpaired) electrons. The van der Waals surface area contributed by atoms with E-state index < -0.39 is 5.97 Å². The first kappa shape index (κ1) is 26.7. The number of ether oxygens (including phenoxy) is 4. The molecule has 0 bridgehead atoms. The van der Waals surface area contributed by atoms with Gasteiger partial charge in [0.05, 0.1) is 26.2 Å². The van der Waals surface area contributed by atoms with Crippen molar-refractivity contribution in [2.24, 2.45) is 0 Å². The Morgan fingerprint density at radius 2 is 1.82 bits per heavy atom. The van der Waals surface area contributed by atoms with Crippen molar-refractivity contribution in [2.45, 2.75) is 45.1 Å². The molecule has 1 saturated heterocycles. The van der Waals surface area contributed by atoms with Crippen molar-refractivity contribution in [1.82, 2.24) is 4.90 Å². The second-order valence-electron chi connectivity index (χ2n) is 11.1. The molecule has 6 rings (SSSR count). The smallest absolute Gasteiger partial charge is 0.304 e. The van der Waals surface area contributed by atoms with E-state index in [2.05, 4.69) is 49.1 Å². The highest BCUT2D eigenvalue weighted by atomic mass is 16.5. The number of carboxylic acids is 1. The first-order valence-electron chi connectivity index (χ1n) is 14.3. The van der Waals surface area contributed by atoms with Crippen LogP contribution in [0.3, 0.4) is 0 Å². The minimum Gasteiger partial charge on any atom is -0.492 e. The van der Waals surface area contributed by atoms with Crippen molar-refractivity contribution >= 4 is 5.97 Å². The quantitative estimate of drug-likeness (QED) is 0.371. The van der Waals surface area contributed by atoms with Crippen LogP contribution in [0.5, 0.6) is 17.2 Å². The van der Waals surface area contributed by atoms with Gasteiger partial charge in [-0.15, -0.1) is 0 Å². The van der Waals surface area contributed by atoms with Crippen LogP contribution in [0.25, 0.3) is 11.1 Å². The van der Waals surface area contributed by atoms with Crippen molar-refractivity contribution in [1.29, 1.82) is 0 Å². The maximum atomic E-state index is 11.2. The van der Waals surface area contributed by atoms with Crippen LogP contribution in [-0.4, -0.2) is 62.0 Å². The van der Waals surface area contributed by atoms with Gasteiger partial charge in [-0.05, 0) is 78.3 Å². The summed E-state index contributed by atoms with van der Waals surface area (Å²) in [5, 5.41) is 9.18. The largest absolute Gasteiger partial charge is 0.492 e. The molecule has 0 aromatic heterocycles. The van der Waals surface area contributed by atoms with Crippen molar-refractivity contribution in [3.8, 4) is 28.4 Å². The summed E-state index contributed by atoms with van der Waals surface area (Å²) in [6, 6.07) is 16.6. The average molecular weight is 544 g/mol. The molecular weight excluding hydrogens is 506 g/mol. The van der Waals surface area contributed by atoms with Gasteiger partial charge < -0.3 is 24.1 Å². The Morgan fingerprint density at radius 3 is 2.60 bits per heavy atom. The number of aliphatic carboxylic acids is 1. The molecular formula is C33H37NO6. The lowest BCUT2D eigenvalue weighted by Gasteiger charge is -2.26. The number of hydrogen-bond donors (Lipinski definition) is 1. The maximum Gasteiger partial charge on any atom is 0.304 e. The Balaban J connectivity index is 1.17. The van der Waals surface area contributed by atoms with E-state index in [1.807, 2.05) is 18.2 Å². The summed E-state index contributed by atoms with van der Waals surface area (Å²) in [6.45, 7) is 9.87. The predicted molar refractivity (Wildman–Crippen MR) is 153 cm³/mol. The maximum absolute atomic E-state index is 11.2. The topological polar surface area (TPSA) is 77.5 Å². The standard InChI is InChI=1S/C33H37NO6/c1-21-16-25(38-15-12-34-10-13-37-14-11-34)17-22(2)33(21)29-5-3-4-28-27(29)8-9-30(28)40-24-6-7-26-23(18-32(35)36)20-39-31(26)19-24/h3-7,16-17,19,23,30H,8-15,18,20H2,1-2H3,(H,35,36)/t23-,30?/m1/s1. The molecule has 3 aromatic rings. The van der Waals surface area contributed by atoms with Crippen LogP contribution in [0.2, 0.25) is 0 Å². The van der Waals surface area contributed by atoms with E-state index >= 15 is 0 Å². The summed E-state index contributed by atoms with van der Waals surface area (Å²) in [7, 11) is 0. The van der Waals surface area contributed by atoms with Crippen molar-refractivity contribution in [2.75, 3.05) is 46.1 Å². The molecule has 2 aliphatic heterocycles. The lowest BCUT2D eigenvalue weighted by Crippen LogP contribution is -2.38. The summed E-state index contributed by atoms with van der Waals surface area (Å²) in [5.74, 6) is 1.49. The van der Waals surface area contributed by atoms with Crippen LogP contribution in [0.4, 0.5) is 0 Å². The van der Waals surface area contributed by atoms with E-state index in [1.165, 1.54) is 33.4 Å². The second-order valence-corrected chi connectivity index (χ2v) is 11.1. The van der Waals surface area contributed by atoms with Gasteiger partial charge in [0, 0.05) is 37.2 Å². The number of carboxylic acid groups (broad SMARTS) is 1. The van der Waals surface area contributed by atoms with Crippen LogP contribution in [0.15, 0.2) is 48.5 Å². The summed E-state index contributed by atoms with van der Waals surface area (Å²) in [6.07, 6.45) is 1.90. The summed E-state index contributed by atoms with van der Waals surface area (Å²) >= 11 is 0. The van der Waals surface area contributed by atoms with Crippen LogP contribution in [0.1, 0.15) is 52.7 Å². The number of benzene rings is 3. The van der Waals surface area contributed by atoms with Gasteiger partial charge in [0.1, 0.15) is 30.0 Å². The van der Waals surface area contributed by atoms with Gasteiger partial charge in [0.25, 0.3) is 0 Å². The van der Waals surface area contributed by atoms with E-state index in [1.54, 1.807) is 0 Å². The minimum absolute atomic E-state index is 0.0346. The van der Waals surface area contributed by atoms with Gasteiger partial charge in [0.2, 0.25) is 0 Å². The normalized spacial score (nSPS) is 20.1. The van der Waals surface area contributed by atoms with Crippen molar-refractivity contribution in [3.63, 3.8) is 0 Å². The number of rotatable bonds is 9. The third kappa shape index (κ3) is 5.54. The zero-order chi connectivity index (χ0) is 27.6. The fourth-order valence-electron chi connectivity index (χ4n) is 6.40. The fourth-order valence-corrected chi connectivity index (χ4v) is 6.40. The Labute approximate surface area is 235 Å². The first-order chi connectivity index (χ1) is 19.5. The SMILES string of the molecule is Cc1cc(OCCN2CCOCC2)cc(C)c1-c1cccc2c1CCC2Oc1ccc2c(c1)OC[C@H]2CC(=O)O. The highest BCUT2D eigenvalue weighted by Gasteiger charge is 2.30. The highest BCUT2D eigenvalue weighted by molar-refractivity contribution is 5.76. The molecule has 3 aliphatic rings. The van der Waals surface area contributed by atoms with Crippen molar-refractivity contribution < 1.29 is 28.8 Å². The summed E-state index contributed by atoms with van der Waals surface area (Å²) in [4.78, 5) is 13.6. The fraction of sp³-hybridized carbons (Fsp3) is 0.424. The highest BCUT2D eigenvalue weighted by Crippen LogP contribution is 2.44. The molecule has 2 heterocycles. The van der Waals surface area contributed by atoms with Gasteiger partial charge in [-0.2, -0.15) is 0 Å². The molecule has 0 saturated carbocycles. The van der Waals surface area contributed by atoms with E-state index in [0.717, 1.165) is 68.5 Å². The average Bonchev–Trinajstić information content (AvgIpc) is 3.53. The molecule has 3 aromatic carbocycles. The van der Waals surface area contributed by atoms with E-state index in [0.29, 0.717) is 13.2 Å². The van der Waals surface area contributed by atoms with Crippen LogP contribution >= 0.6 is 0 Å². The monoisotopic (exact) mass is 543 g/mol. The molecule has 1 aliphatic carbocycles. The zero-order valence-corrected chi connectivity index (χ0v) is 23.3. The van der Waals surface area contributed by atoms with Crippen LogP contribution in [-0.2, 0) is 16.0 Å². The Hall–Kier alpha value is -3.55. The van der Waals surface area contributed by atoms with E-state index in [9.17, 15) is 9.90 Å². The number of carbonyl (C=O) groups is 1. The molecule has 1 N–H and O–H groups in total.